The molecule has 2 aromatic rings. The third-order valence-corrected chi connectivity index (χ3v) is 3.74. The van der Waals surface area contributed by atoms with E-state index in [0.29, 0.717) is 26.2 Å². The van der Waals surface area contributed by atoms with Crippen molar-refractivity contribution in [3.63, 3.8) is 0 Å². The summed E-state index contributed by atoms with van der Waals surface area (Å²) in [6.45, 7) is 2.37. The van der Waals surface area contributed by atoms with Gasteiger partial charge in [0.1, 0.15) is 0 Å². The van der Waals surface area contributed by atoms with Crippen LogP contribution in [0.15, 0.2) is 35.1 Å². The number of aromatic nitrogens is 1. The minimum atomic E-state index is -0.162. The van der Waals surface area contributed by atoms with Gasteiger partial charge in [0.15, 0.2) is 0 Å². The van der Waals surface area contributed by atoms with Crippen LogP contribution in [0.3, 0.4) is 0 Å². The Morgan fingerprint density at radius 1 is 1.36 bits per heavy atom. The molecule has 0 spiro atoms. The van der Waals surface area contributed by atoms with E-state index in [1.807, 2.05) is 24.3 Å². The number of fused-ring (bicyclic) bond motifs is 1. The number of morpholine rings is 1. The summed E-state index contributed by atoms with van der Waals surface area (Å²) in [5, 5.41) is 7.07. The summed E-state index contributed by atoms with van der Waals surface area (Å²) in [7, 11) is 0. The van der Waals surface area contributed by atoms with Crippen LogP contribution in [0.4, 0.5) is 0 Å². The van der Waals surface area contributed by atoms with Gasteiger partial charge in [0.25, 0.3) is 0 Å². The number of carbonyl (C=O) groups is 1. The summed E-state index contributed by atoms with van der Waals surface area (Å²) in [5.41, 5.74) is 1.44. The standard InChI is InChI=1S/C16H19N3O3/c20-15(8-12-10-22-6-5-17-12)18-9-11-7-16(21)19-14-4-2-1-3-13(11)14/h1-4,7,12,17H,5-6,8-10H2,(H,18,20)(H,19,21). The molecule has 1 saturated heterocycles. The maximum absolute atomic E-state index is 12.0. The molecule has 1 atom stereocenters. The SMILES string of the molecule is O=C(CC1COCCN1)NCc1cc(=O)[nH]c2ccccc12. The van der Waals surface area contributed by atoms with Gasteiger partial charge in [0, 0.05) is 42.5 Å². The lowest BCUT2D eigenvalue weighted by molar-refractivity contribution is -0.122. The average molecular weight is 301 g/mol. The maximum atomic E-state index is 12.0. The smallest absolute Gasteiger partial charge is 0.248 e. The number of rotatable bonds is 4. The third kappa shape index (κ3) is 3.52. The van der Waals surface area contributed by atoms with E-state index in [1.54, 1.807) is 0 Å². The van der Waals surface area contributed by atoms with E-state index in [9.17, 15) is 9.59 Å². The Balaban J connectivity index is 1.66. The van der Waals surface area contributed by atoms with Crippen LogP contribution in [-0.4, -0.2) is 36.7 Å². The fourth-order valence-corrected chi connectivity index (χ4v) is 2.66. The van der Waals surface area contributed by atoms with Crippen LogP contribution in [0, 0.1) is 0 Å². The summed E-state index contributed by atoms with van der Waals surface area (Å²) < 4.78 is 5.33. The van der Waals surface area contributed by atoms with Gasteiger partial charge in [-0.25, -0.2) is 0 Å². The fourth-order valence-electron chi connectivity index (χ4n) is 2.66. The van der Waals surface area contributed by atoms with Gasteiger partial charge in [-0.3, -0.25) is 9.59 Å². The molecule has 1 fully saturated rings. The van der Waals surface area contributed by atoms with Crippen LogP contribution in [0.2, 0.25) is 0 Å². The number of aromatic amines is 1. The van der Waals surface area contributed by atoms with Crippen LogP contribution in [0.1, 0.15) is 12.0 Å². The molecule has 116 valence electrons. The van der Waals surface area contributed by atoms with Gasteiger partial charge in [0.05, 0.1) is 13.2 Å². The summed E-state index contributed by atoms with van der Waals surface area (Å²) in [6.07, 6.45) is 0.376. The van der Waals surface area contributed by atoms with Gasteiger partial charge in [-0.15, -0.1) is 0 Å². The molecule has 0 bridgehead atoms. The van der Waals surface area contributed by atoms with Crippen molar-refractivity contribution in [1.29, 1.82) is 0 Å². The number of nitrogens with one attached hydrogen (secondary N) is 3. The molecular formula is C16H19N3O3. The second-order valence-electron chi connectivity index (χ2n) is 5.41. The van der Waals surface area contributed by atoms with Gasteiger partial charge in [0.2, 0.25) is 11.5 Å². The molecule has 22 heavy (non-hydrogen) atoms. The zero-order valence-electron chi connectivity index (χ0n) is 12.2. The number of amides is 1. The van der Waals surface area contributed by atoms with Crippen LogP contribution < -0.4 is 16.2 Å². The number of carbonyl (C=O) groups excluding carboxylic acids is 1. The number of hydrogen-bond acceptors (Lipinski definition) is 4. The Bertz CT molecular complexity index is 720. The van der Waals surface area contributed by atoms with E-state index < -0.39 is 0 Å². The molecule has 1 aromatic heterocycles. The highest BCUT2D eigenvalue weighted by molar-refractivity contribution is 5.83. The summed E-state index contributed by atoms with van der Waals surface area (Å²) >= 11 is 0. The van der Waals surface area contributed by atoms with Gasteiger partial charge >= 0.3 is 0 Å². The molecule has 0 saturated carbocycles. The van der Waals surface area contributed by atoms with Gasteiger partial charge in [-0.1, -0.05) is 18.2 Å². The van der Waals surface area contributed by atoms with Crippen molar-refractivity contribution in [3.8, 4) is 0 Å². The lowest BCUT2D eigenvalue weighted by Gasteiger charge is -2.23. The Morgan fingerprint density at radius 3 is 3.05 bits per heavy atom. The molecule has 1 aliphatic heterocycles. The topological polar surface area (TPSA) is 83.2 Å². The zero-order valence-corrected chi connectivity index (χ0v) is 12.2. The lowest BCUT2D eigenvalue weighted by Crippen LogP contribution is -2.44. The predicted molar refractivity (Wildman–Crippen MR) is 83.6 cm³/mol. The van der Waals surface area contributed by atoms with Crippen molar-refractivity contribution in [2.75, 3.05) is 19.8 Å². The molecule has 1 aromatic carbocycles. The lowest BCUT2D eigenvalue weighted by atomic mass is 10.1. The number of H-pyrrole nitrogens is 1. The first-order valence-electron chi connectivity index (χ1n) is 7.41. The van der Waals surface area contributed by atoms with Gasteiger partial charge in [-0.2, -0.15) is 0 Å². The predicted octanol–water partition coefficient (Wildman–Crippen LogP) is 0.523. The van der Waals surface area contributed by atoms with Crippen LogP contribution in [-0.2, 0) is 16.1 Å². The zero-order chi connectivity index (χ0) is 15.4. The molecule has 1 aliphatic rings. The van der Waals surface area contributed by atoms with Gasteiger partial charge in [-0.05, 0) is 11.6 Å². The van der Waals surface area contributed by atoms with Crippen molar-refractivity contribution < 1.29 is 9.53 Å². The highest BCUT2D eigenvalue weighted by Crippen LogP contribution is 2.14. The summed E-state index contributed by atoms with van der Waals surface area (Å²) in [6, 6.07) is 9.16. The van der Waals surface area contributed by atoms with Crippen LogP contribution in [0.5, 0.6) is 0 Å². The summed E-state index contributed by atoms with van der Waals surface area (Å²) in [5.74, 6) is -0.0487. The average Bonchev–Trinajstić information content (AvgIpc) is 2.53. The number of para-hydroxylation sites is 1. The van der Waals surface area contributed by atoms with E-state index >= 15 is 0 Å². The van der Waals surface area contributed by atoms with Crippen molar-refractivity contribution in [2.24, 2.45) is 0 Å². The molecule has 0 radical (unpaired) electrons. The van der Waals surface area contributed by atoms with E-state index in [2.05, 4.69) is 15.6 Å². The van der Waals surface area contributed by atoms with E-state index in [0.717, 1.165) is 23.0 Å². The van der Waals surface area contributed by atoms with Crippen molar-refractivity contribution >= 4 is 16.8 Å². The molecule has 0 aliphatic carbocycles. The molecule has 3 rings (SSSR count). The Morgan fingerprint density at radius 2 is 2.23 bits per heavy atom. The van der Waals surface area contributed by atoms with E-state index in [-0.39, 0.29) is 17.5 Å². The van der Waals surface area contributed by atoms with E-state index in [1.165, 1.54) is 6.07 Å². The largest absolute Gasteiger partial charge is 0.378 e. The van der Waals surface area contributed by atoms with Crippen LogP contribution in [0.25, 0.3) is 10.9 Å². The highest BCUT2D eigenvalue weighted by atomic mass is 16.5. The first-order chi connectivity index (χ1) is 10.7. The molecule has 2 heterocycles. The first kappa shape index (κ1) is 14.7. The Labute approximate surface area is 127 Å². The fraction of sp³-hybridized carbons (Fsp3) is 0.375. The first-order valence-corrected chi connectivity index (χ1v) is 7.41. The highest BCUT2D eigenvalue weighted by Gasteiger charge is 2.16. The molecule has 1 amide bonds. The number of ether oxygens (including phenoxy) is 1. The summed E-state index contributed by atoms with van der Waals surface area (Å²) in [4.78, 5) is 26.5. The number of hydrogen-bond donors (Lipinski definition) is 3. The van der Waals surface area contributed by atoms with Crippen molar-refractivity contribution in [2.45, 2.75) is 19.0 Å². The quantitative estimate of drug-likeness (QED) is 0.769. The molecule has 6 heteroatoms. The Hall–Kier alpha value is -2.18. The van der Waals surface area contributed by atoms with Crippen molar-refractivity contribution in [1.82, 2.24) is 15.6 Å². The third-order valence-electron chi connectivity index (χ3n) is 3.74. The van der Waals surface area contributed by atoms with Crippen LogP contribution >= 0.6 is 0 Å². The van der Waals surface area contributed by atoms with Gasteiger partial charge < -0.3 is 20.4 Å². The normalized spacial score (nSPS) is 18.3. The molecule has 6 nitrogen and oxygen atoms in total. The second kappa shape index (κ2) is 6.72. The maximum Gasteiger partial charge on any atom is 0.248 e. The van der Waals surface area contributed by atoms with Crippen molar-refractivity contribution in [3.05, 3.63) is 46.2 Å². The number of benzene rings is 1. The minimum Gasteiger partial charge on any atom is -0.378 e. The molecule has 3 N–H and O–H groups in total. The van der Waals surface area contributed by atoms with E-state index in [4.69, 9.17) is 4.74 Å². The Kier molecular flexibility index (Phi) is 4.50. The monoisotopic (exact) mass is 301 g/mol. The second-order valence-corrected chi connectivity index (χ2v) is 5.41. The molecular weight excluding hydrogens is 282 g/mol. The molecule has 1 unspecified atom stereocenters. The number of pyridine rings is 1. The minimum absolute atomic E-state index is 0.0487.